The van der Waals surface area contributed by atoms with Gasteiger partial charge >= 0.3 is 11.9 Å². The number of hydrogen-bond acceptors (Lipinski definition) is 12. The minimum Gasteiger partial charge on any atom is -0.457 e. The zero-order valence-corrected chi connectivity index (χ0v) is 31.8. The number of ether oxygens (including phenoxy) is 4. The number of likely N-dealkylation sites (N-methyl/N-ethyl adjacent to an activating group) is 1. The summed E-state index contributed by atoms with van der Waals surface area (Å²) in [6, 6.07) is -0.379. The molecule has 0 aromatic rings. The number of cyclic esters (lactones) is 1. The van der Waals surface area contributed by atoms with Gasteiger partial charge in [0.1, 0.15) is 23.9 Å². The van der Waals surface area contributed by atoms with Crippen molar-refractivity contribution in [3.8, 4) is 0 Å². The van der Waals surface area contributed by atoms with Gasteiger partial charge in [0.25, 0.3) is 0 Å². The summed E-state index contributed by atoms with van der Waals surface area (Å²) < 4.78 is 23.2. The molecule has 4 N–H and O–H groups in total. The lowest BCUT2D eigenvalue weighted by atomic mass is 9.87. The molecule has 3 aliphatic rings. The van der Waals surface area contributed by atoms with E-state index < -0.39 is 41.5 Å². The zero-order chi connectivity index (χ0) is 37.2. The predicted octanol–water partition coefficient (Wildman–Crippen LogP) is 2.61. The number of allylic oxidation sites excluding steroid dienone is 2. The average Bonchev–Trinajstić information content (AvgIpc) is 3.83. The third kappa shape index (κ3) is 12.5. The fraction of sp³-hybridized carbons (Fsp3) is 0.789. The van der Waals surface area contributed by atoms with Gasteiger partial charge in [-0.1, -0.05) is 45.1 Å². The summed E-state index contributed by atoms with van der Waals surface area (Å²) in [6.45, 7) is 18.2. The normalized spacial score (nSPS) is 33.8. The molecule has 3 unspecified atom stereocenters. The standard InChI is InChI=1S/C38H65N3O9/c1-10-30(47-9)27(4)34-35(50-34)36(39-18-19-41-22-20-40(8)21-23-41)38(7,46)16-11-12-25(2)33-26(3)13-14-31(48-28(5)42)37(6,45)17-15-29(43)24-32(44)49-33/h11-14,16,26-27,29-31,33-36,39,43,45-46H,10,15,17-24H2,1-9H3/t26-,27+,29+,30-,31-,33?,34+,35-,36?,37+,38?/m0/s1. The van der Waals surface area contributed by atoms with Gasteiger partial charge in [-0.3, -0.25) is 14.5 Å². The summed E-state index contributed by atoms with van der Waals surface area (Å²) in [7, 11) is 3.86. The molecule has 12 nitrogen and oxygen atoms in total. The number of methoxy groups -OCH3 is 1. The van der Waals surface area contributed by atoms with Crippen molar-refractivity contribution in [3.63, 3.8) is 0 Å². The van der Waals surface area contributed by atoms with Crippen LogP contribution in [-0.2, 0) is 28.5 Å². The number of esters is 2. The van der Waals surface area contributed by atoms with Gasteiger partial charge in [-0.05, 0) is 58.7 Å². The molecule has 3 heterocycles. The Labute approximate surface area is 299 Å². The molecule has 2 fully saturated rings. The maximum Gasteiger partial charge on any atom is 0.309 e. The lowest BCUT2D eigenvalue weighted by Gasteiger charge is -2.34. The smallest absolute Gasteiger partial charge is 0.309 e. The second-order valence-corrected chi connectivity index (χ2v) is 15.1. The van der Waals surface area contributed by atoms with Crippen molar-refractivity contribution in [2.75, 3.05) is 53.4 Å². The number of epoxide rings is 1. The molecule has 0 aromatic heterocycles. The van der Waals surface area contributed by atoms with Crippen LogP contribution in [-0.4, -0.2) is 144 Å². The first-order valence-corrected chi connectivity index (χ1v) is 18.3. The number of carbonyl (C=O) groups is 2. The second kappa shape index (κ2) is 19.1. The van der Waals surface area contributed by atoms with Crippen molar-refractivity contribution in [1.82, 2.24) is 15.1 Å². The number of aliphatic hydroxyl groups excluding tert-OH is 1. The number of carbonyl (C=O) groups excluding carboxylic acids is 2. The van der Waals surface area contributed by atoms with E-state index in [2.05, 4.69) is 36.0 Å². The molecule has 0 aromatic carbocycles. The van der Waals surface area contributed by atoms with Gasteiger partial charge in [-0.25, -0.2) is 0 Å². The molecule has 0 amide bonds. The number of nitrogens with zero attached hydrogens (tertiary/aromatic N) is 2. The van der Waals surface area contributed by atoms with E-state index in [4.69, 9.17) is 18.9 Å². The van der Waals surface area contributed by atoms with Crippen LogP contribution < -0.4 is 5.32 Å². The van der Waals surface area contributed by atoms with Crippen LogP contribution in [0.2, 0.25) is 0 Å². The summed E-state index contributed by atoms with van der Waals surface area (Å²) in [5.41, 5.74) is -2.02. The number of nitrogens with one attached hydrogen (secondary N) is 1. The van der Waals surface area contributed by atoms with Gasteiger partial charge in [0, 0.05) is 65.1 Å². The highest BCUT2D eigenvalue weighted by Crippen LogP contribution is 2.39. The molecule has 3 aliphatic heterocycles. The van der Waals surface area contributed by atoms with Crippen LogP contribution in [0.25, 0.3) is 0 Å². The predicted molar refractivity (Wildman–Crippen MR) is 192 cm³/mol. The Morgan fingerprint density at radius 3 is 2.52 bits per heavy atom. The lowest BCUT2D eigenvalue weighted by Crippen LogP contribution is -2.54. The fourth-order valence-corrected chi connectivity index (χ4v) is 7.12. The fourth-order valence-electron chi connectivity index (χ4n) is 7.12. The summed E-state index contributed by atoms with van der Waals surface area (Å²) in [4.78, 5) is 29.5. The molecule has 12 heteroatoms. The molecule has 3 rings (SSSR count). The molecular weight excluding hydrogens is 642 g/mol. The van der Waals surface area contributed by atoms with Gasteiger partial charge in [-0.15, -0.1) is 0 Å². The van der Waals surface area contributed by atoms with Gasteiger partial charge in [0.05, 0.1) is 36.4 Å². The SMILES string of the molecule is CC[C@H](OC)[C@@H](C)[C@H]1O[C@@H]1C(NCCN1CCN(C)CC1)C(C)(O)C=CC=C(C)C1OC(=O)C[C@H](O)CC[C@@](C)(O)[C@@H](OC(C)=O)C=C[C@@H]1C. The quantitative estimate of drug-likeness (QED) is 0.0909. The van der Waals surface area contributed by atoms with Crippen LogP contribution in [0.1, 0.15) is 74.1 Å². The summed E-state index contributed by atoms with van der Waals surface area (Å²) in [6.07, 6.45) is 6.73. The highest BCUT2D eigenvalue weighted by atomic mass is 16.6. The molecule has 286 valence electrons. The van der Waals surface area contributed by atoms with Crippen LogP contribution in [0.4, 0.5) is 0 Å². The van der Waals surface area contributed by atoms with Gasteiger partial charge < -0.3 is 44.5 Å². The first-order chi connectivity index (χ1) is 23.5. The summed E-state index contributed by atoms with van der Waals surface area (Å²) in [5.74, 6) is -1.30. The van der Waals surface area contributed by atoms with Crippen LogP contribution in [0.5, 0.6) is 0 Å². The Hall–Kier alpha value is -2.16. The average molecular weight is 708 g/mol. The van der Waals surface area contributed by atoms with Crippen LogP contribution in [0, 0.1) is 11.8 Å². The van der Waals surface area contributed by atoms with Crippen LogP contribution in [0.3, 0.4) is 0 Å². The Kier molecular flexibility index (Phi) is 16.1. The van der Waals surface area contributed by atoms with E-state index in [1.807, 2.05) is 19.9 Å². The van der Waals surface area contributed by atoms with E-state index in [9.17, 15) is 24.9 Å². The van der Waals surface area contributed by atoms with Gasteiger partial charge in [0.2, 0.25) is 0 Å². The Bertz CT molecular complexity index is 1180. The lowest BCUT2D eigenvalue weighted by molar-refractivity contribution is -0.157. The topological polar surface area (TPSA) is 154 Å². The monoisotopic (exact) mass is 707 g/mol. The molecule has 11 atom stereocenters. The minimum atomic E-state index is -1.45. The maximum atomic E-state index is 12.9. The van der Waals surface area contributed by atoms with Crippen molar-refractivity contribution >= 4 is 11.9 Å². The van der Waals surface area contributed by atoms with Crippen molar-refractivity contribution in [2.24, 2.45) is 11.8 Å². The number of hydrogen-bond donors (Lipinski definition) is 4. The highest BCUT2D eigenvalue weighted by Gasteiger charge is 2.54. The maximum absolute atomic E-state index is 12.9. The van der Waals surface area contributed by atoms with E-state index >= 15 is 0 Å². The van der Waals surface area contributed by atoms with E-state index in [-0.39, 0.29) is 55.5 Å². The third-order valence-electron chi connectivity index (χ3n) is 10.6. The first kappa shape index (κ1) is 42.3. The van der Waals surface area contributed by atoms with Crippen molar-refractivity contribution in [2.45, 2.75) is 128 Å². The first-order valence-electron chi connectivity index (χ1n) is 18.3. The molecule has 0 bridgehead atoms. The van der Waals surface area contributed by atoms with E-state index in [1.165, 1.54) is 6.92 Å². The van der Waals surface area contributed by atoms with Crippen LogP contribution >= 0.6 is 0 Å². The van der Waals surface area contributed by atoms with E-state index in [1.54, 1.807) is 45.3 Å². The molecule has 0 saturated carbocycles. The third-order valence-corrected chi connectivity index (χ3v) is 10.6. The number of rotatable bonds is 14. The summed E-state index contributed by atoms with van der Waals surface area (Å²) >= 11 is 0. The molecule has 0 radical (unpaired) electrons. The minimum absolute atomic E-state index is 0.0478. The number of piperazine rings is 1. The van der Waals surface area contributed by atoms with E-state index in [0.29, 0.717) is 12.1 Å². The zero-order valence-electron chi connectivity index (χ0n) is 31.8. The van der Waals surface area contributed by atoms with Crippen molar-refractivity contribution in [1.29, 1.82) is 0 Å². The van der Waals surface area contributed by atoms with Gasteiger partial charge in [0.15, 0.2) is 0 Å². The van der Waals surface area contributed by atoms with Gasteiger partial charge in [-0.2, -0.15) is 0 Å². The van der Waals surface area contributed by atoms with Crippen molar-refractivity contribution in [3.05, 3.63) is 36.0 Å². The molecule has 0 spiro atoms. The molecule has 2 saturated heterocycles. The Morgan fingerprint density at radius 1 is 1.22 bits per heavy atom. The number of aliphatic hydroxyl groups is 3. The highest BCUT2D eigenvalue weighted by molar-refractivity contribution is 5.70. The van der Waals surface area contributed by atoms with Crippen molar-refractivity contribution < 1.29 is 43.9 Å². The molecule has 0 aliphatic carbocycles. The molecular formula is C38H65N3O9. The largest absolute Gasteiger partial charge is 0.457 e. The molecule has 50 heavy (non-hydrogen) atoms. The van der Waals surface area contributed by atoms with Crippen LogP contribution in [0.15, 0.2) is 36.0 Å². The summed E-state index contributed by atoms with van der Waals surface area (Å²) in [5, 5.41) is 37.2. The van der Waals surface area contributed by atoms with E-state index in [0.717, 1.165) is 39.1 Å². The second-order valence-electron chi connectivity index (χ2n) is 15.1. The Balaban J connectivity index is 1.81. The Morgan fingerprint density at radius 2 is 1.90 bits per heavy atom.